The minimum atomic E-state index is -0.161. The smallest absolute Gasteiger partial charge is 0.133 e. The van der Waals surface area contributed by atoms with E-state index in [0.717, 1.165) is 23.5 Å². The van der Waals surface area contributed by atoms with E-state index in [1.54, 1.807) is 17.8 Å². The van der Waals surface area contributed by atoms with Crippen LogP contribution in [0.5, 0.6) is 0 Å². The lowest BCUT2D eigenvalue weighted by Gasteiger charge is -2.24. The Balaban J connectivity index is 1.71. The summed E-state index contributed by atoms with van der Waals surface area (Å²) in [5.41, 5.74) is 2.25. The van der Waals surface area contributed by atoms with Crippen molar-refractivity contribution in [1.29, 1.82) is 0 Å². The van der Waals surface area contributed by atoms with Crippen molar-refractivity contribution in [3.05, 3.63) is 60.0 Å². The second kappa shape index (κ2) is 6.38. The number of hydrogen-bond donors (Lipinski definition) is 2. The molecule has 4 heteroatoms. The summed E-state index contributed by atoms with van der Waals surface area (Å²) in [6.07, 6.45) is 4.25. The third-order valence-electron chi connectivity index (χ3n) is 4.54. The van der Waals surface area contributed by atoms with Gasteiger partial charge in [-0.1, -0.05) is 36.0 Å². The topological polar surface area (TPSA) is 27.8 Å². The van der Waals surface area contributed by atoms with Gasteiger partial charge in [-0.3, -0.25) is 0 Å². The highest BCUT2D eigenvalue weighted by Gasteiger charge is 2.19. The van der Waals surface area contributed by atoms with E-state index < -0.39 is 0 Å². The summed E-state index contributed by atoms with van der Waals surface area (Å²) in [5.74, 6) is 0.431. The summed E-state index contributed by atoms with van der Waals surface area (Å²) in [6, 6.07) is 13.7. The predicted octanol–water partition coefficient (Wildman–Crippen LogP) is 4.93. The van der Waals surface area contributed by atoms with Crippen LogP contribution in [0.25, 0.3) is 10.9 Å². The zero-order valence-electron chi connectivity index (χ0n) is 12.8. The lowest BCUT2D eigenvalue weighted by molar-refractivity contribution is 0.456. The number of benzene rings is 2. The monoisotopic (exact) mass is 326 g/mol. The van der Waals surface area contributed by atoms with E-state index in [2.05, 4.69) is 34.6 Å². The van der Waals surface area contributed by atoms with E-state index in [4.69, 9.17) is 0 Å². The fourth-order valence-corrected chi connectivity index (χ4v) is 4.52. The molecule has 118 valence electrons. The zero-order chi connectivity index (χ0) is 15.6. The minimum Gasteiger partial charge on any atom is -0.360 e. The Labute approximate surface area is 139 Å². The molecule has 0 saturated carbocycles. The Morgan fingerprint density at radius 3 is 2.65 bits per heavy atom. The maximum atomic E-state index is 14.2. The highest BCUT2D eigenvalue weighted by molar-refractivity contribution is 7.99. The van der Waals surface area contributed by atoms with E-state index >= 15 is 0 Å². The van der Waals surface area contributed by atoms with E-state index in [9.17, 15) is 4.39 Å². The number of piperidine rings is 1. The molecule has 2 N–H and O–H groups in total. The second-order valence-corrected chi connectivity index (χ2v) is 7.06. The van der Waals surface area contributed by atoms with Crippen LogP contribution in [-0.2, 0) is 0 Å². The molecule has 1 fully saturated rings. The van der Waals surface area contributed by atoms with Crippen LogP contribution in [0, 0.1) is 5.82 Å². The molecule has 1 saturated heterocycles. The molecule has 1 aliphatic rings. The van der Waals surface area contributed by atoms with Crippen molar-refractivity contribution in [2.75, 3.05) is 13.1 Å². The van der Waals surface area contributed by atoms with Gasteiger partial charge in [0.15, 0.2) is 0 Å². The van der Waals surface area contributed by atoms with Crippen LogP contribution in [0.4, 0.5) is 4.39 Å². The molecule has 4 rings (SSSR count). The van der Waals surface area contributed by atoms with Gasteiger partial charge in [-0.05, 0) is 55.6 Å². The fourth-order valence-electron chi connectivity index (χ4n) is 3.35. The fraction of sp³-hybridized carbons (Fsp3) is 0.263. The molecular formula is C19H19FN2S. The van der Waals surface area contributed by atoms with Gasteiger partial charge in [-0.2, -0.15) is 0 Å². The normalized spacial score (nSPS) is 16.0. The van der Waals surface area contributed by atoms with Crippen molar-refractivity contribution in [1.82, 2.24) is 10.3 Å². The zero-order valence-corrected chi connectivity index (χ0v) is 13.6. The van der Waals surface area contributed by atoms with Crippen LogP contribution >= 0.6 is 11.8 Å². The third kappa shape index (κ3) is 2.89. The number of rotatable bonds is 3. The van der Waals surface area contributed by atoms with Gasteiger partial charge in [0, 0.05) is 26.9 Å². The second-order valence-electron chi connectivity index (χ2n) is 5.98. The van der Waals surface area contributed by atoms with Crippen molar-refractivity contribution in [2.24, 2.45) is 0 Å². The van der Waals surface area contributed by atoms with E-state index in [1.807, 2.05) is 12.3 Å². The van der Waals surface area contributed by atoms with Crippen molar-refractivity contribution >= 4 is 22.7 Å². The van der Waals surface area contributed by atoms with E-state index in [0.29, 0.717) is 11.3 Å². The molecule has 0 bridgehead atoms. The molecule has 1 aromatic heterocycles. The van der Waals surface area contributed by atoms with E-state index in [-0.39, 0.29) is 5.82 Å². The van der Waals surface area contributed by atoms with Gasteiger partial charge < -0.3 is 10.3 Å². The lowest BCUT2D eigenvalue weighted by atomic mass is 9.90. The van der Waals surface area contributed by atoms with Crippen LogP contribution in [0.3, 0.4) is 0 Å². The molecule has 2 nitrogen and oxygen atoms in total. The van der Waals surface area contributed by atoms with Crippen LogP contribution in [0.2, 0.25) is 0 Å². The quantitative estimate of drug-likeness (QED) is 0.714. The highest BCUT2D eigenvalue weighted by atomic mass is 32.2. The summed E-state index contributed by atoms with van der Waals surface area (Å²) in [5, 5.41) is 4.11. The molecule has 0 spiro atoms. The Kier molecular flexibility index (Phi) is 4.10. The molecule has 2 aromatic carbocycles. The lowest BCUT2D eigenvalue weighted by Crippen LogP contribution is -2.26. The van der Waals surface area contributed by atoms with Gasteiger partial charge in [0.25, 0.3) is 0 Å². The van der Waals surface area contributed by atoms with Gasteiger partial charge in [-0.15, -0.1) is 0 Å². The average Bonchev–Trinajstić information content (AvgIpc) is 3.01. The number of aromatic amines is 1. The first-order valence-electron chi connectivity index (χ1n) is 8.06. The summed E-state index contributed by atoms with van der Waals surface area (Å²) in [6.45, 7) is 2.15. The summed E-state index contributed by atoms with van der Waals surface area (Å²) in [4.78, 5) is 5.37. The number of halogens is 1. The number of aromatic nitrogens is 1. The van der Waals surface area contributed by atoms with Crippen molar-refractivity contribution in [3.8, 4) is 0 Å². The average molecular weight is 326 g/mol. The molecule has 23 heavy (non-hydrogen) atoms. The maximum absolute atomic E-state index is 14.2. The molecule has 3 aromatic rings. The van der Waals surface area contributed by atoms with Crippen molar-refractivity contribution < 1.29 is 4.39 Å². The largest absolute Gasteiger partial charge is 0.360 e. The summed E-state index contributed by atoms with van der Waals surface area (Å²) < 4.78 is 14.2. The first-order valence-corrected chi connectivity index (χ1v) is 8.87. The third-order valence-corrected chi connectivity index (χ3v) is 5.67. The van der Waals surface area contributed by atoms with Gasteiger partial charge in [0.05, 0.1) is 0 Å². The van der Waals surface area contributed by atoms with Gasteiger partial charge in [0.2, 0.25) is 0 Å². The molecule has 0 aliphatic carbocycles. The summed E-state index contributed by atoms with van der Waals surface area (Å²) >= 11 is 1.67. The molecule has 0 radical (unpaired) electrons. The molecule has 0 amide bonds. The van der Waals surface area contributed by atoms with E-state index in [1.165, 1.54) is 29.4 Å². The Morgan fingerprint density at radius 1 is 0.957 bits per heavy atom. The Bertz CT molecular complexity index is 821. The first-order chi connectivity index (χ1) is 11.3. The maximum Gasteiger partial charge on any atom is 0.133 e. The number of nitrogens with one attached hydrogen (secondary N) is 2. The van der Waals surface area contributed by atoms with Gasteiger partial charge >= 0.3 is 0 Å². The van der Waals surface area contributed by atoms with Crippen LogP contribution in [0.15, 0.2) is 58.5 Å². The SMILES string of the molecule is Fc1cccc2[nH]cc(Sc3ccccc3C3CCNCC3)c12. The standard InChI is InChI=1S/C19H19FN2S/c20-15-5-3-6-16-19(15)18(12-22-16)23-17-7-2-1-4-14(17)13-8-10-21-11-9-13/h1-7,12-13,21-22H,8-11H2. The molecule has 1 aliphatic heterocycles. The number of hydrogen-bond acceptors (Lipinski definition) is 2. The van der Waals surface area contributed by atoms with Gasteiger partial charge in [-0.25, -0.2) is 4.39 Å². The minimum absolute atomic E-state index is 0.161. The Hall–Kier alpha value is -1.78. The van der Waals surface area contributed by atoms with Crippen LogP contribution in [-0.4, -0.2) is 18.1 Å². The highest BCUT2D eigenvalue weighted by Crippen LogP contribution is 2.40. The molecular weight excluding hydrogens is 307 g/mol. The molecule has 2 heterocycles. The predicted molar refractivity (Wildman–Crippen MR) is 93.7 cm³/mol. The Morgan fingerprint density at radius 2 is 1.78 bits per heavy atom. The summed E-state index contributed by atoms with van der Waals surface area (Å²) in [7, 11) is 0. The molecule has 0 unspecified atom stereocenters. The number of fused-ring (bicyclic) bond motifs is 1. The van der Waals surface area contributed by atoms with Crippen molar-refractivity contribution in [2.45, 2.75) is 28.6 Å². The first kappa shape index (κ1) is 14.8. The number of H-pyrrole nitrogens is 1. The van der Waals surface area contributed by atoms with Crippen LogP contribution in [0.1, 0.15) is 24.3 Å². The molecule has 0 atom stereocenters. The van der Waals surface area contributed by atoms with Gasteiger partial charge in [0.1, 0.15) is 5.82 Å². The van der Waals surface area contributed by atoms with Crippen LogP contribution < -0.4 is 5.32 Å². The van der Waals surface area contributed by atoms with Crippen molar-refractivity contribution in [3.63, 3.8) is 0 Å².